The molecule has 4 nitrogen and oxygen atoms in total. The Morgan fingerprint density at radius 3 is 2.25 bits per heavy atom. The molecule has 1 amide bonds. The molecular weight excluding hydrogens is 369 g/mol. The van der Waals surface area contributed by atoms with Crippen LogP contribution >= 0.6 is 0 Å². The van der Waals surface area contributed by atoms with Gasteiger partial charge in [-0.2, -0.15) is 13.2 Å². The van der Waals surface area contributed by atoms with E-state index in [4.69, 9.17) is 0 Å². The molecule has 1 aromatic heterocycles. The molecule has 0 aliphatic carbocycles. The summed E-state index contributed by atoms with van der Waals surface area (Å²) >= 11 is 0. The zero-order chi connectivity index (χ0) is 20.5. The number of ketones is 1. The minimum absolute atomic E-state index is 0.173. The summed E-state index contributed by atoms with van der Waals surface area (Å²) in [6, 6.07) is 14.5. The summed E-state index contributed by atoms with van der Waals surface area (Å²) in [5.41, 5.74) is 0.649. The van der Waals surface area contributed by atoms with Gasteiger partial charge in [0.15, 0.2) is 0 Å². The van der Waals surface area contributed by atoms with Gasteiger partial charge in [0.1, 0.15) is 6.04 Å². The second-order valence-corrected chi connectivity index (χ2v) is 6.39. The molecule has 28 heavy (non-hydrogen) atoms. The summed E-state index contributed by atoms with van der Waals surface area (Å²) in [6.07, 6.45) is -3.86. The van der Waals surface area contributed by atoms with Crippen molar-refractivity contribution in [2.24, 2.45) is 0 Å². The van der Waals surface area contributed by atoms with Crippen molar-refractivity contribution in [3.8, 4) is 0 Å². The zero-order valence-corrected chi connectivity index (χ0v) is 15.4. The number of nitrogens with zero attached hydrogens (tertiary/aromatic N) is 2. The highest BCUT2D eigenvalue weighted by molar-refractivity contribution is 6.11. The smallest absolute Gasteiger partial charge is 0.334 e. The van der Waals surface area contributed by atoms with Gasteiger partial charge in [-0.25, -0.2) is 0 Å². The first-order valence-electron chi connectivity index (χ1n) is 8.83. The first-order chi connectivity index (χ1) is 13.3. The lowest BCUT2D eigenvalue weighted by Gasteiger charge is -2.25. The Kier molecular flexibility index (Phi) is 5.27. The summed E-state index contributed by atoms with van der Waals surface area (Å²) in [5, 5.41) is 0.173. The number of aromatic nitrogens is 1. The minimum atomic E-state index is -4.98. The lowest BCUT2D eigenvalue weighted by molar-refractivity contribution is -0.121. The minimum Gasteiger partial charge on any atom is -0.334 e. The molecule has 0 aliphatic heterocycles. The molecule has 7 heteroatoms. The Hall–Kier alpha value is -3.09. The lowest BCUT2D eigenvalue weighted by Crippen LogP contribution is -2.36. The summed E-state index contributed by atoms with van der Waals surface area (Å²) < 4.78 is 40.4. The van der Waals surface area contributed by atoms with Crippen LogP contribution in [0.25, 0.3) is 10.9 Å². The van der Waals surface area contributed by atoms with Crippen molar-refractivity contribution in [2.45, 2.75) is 26.1 Å². The number of hydrogen-bond acceptors (Lipinski definition) is 2. The largest absolute Gasteiger partial charge is 0.454 e. The van der Waals surface area contributed by atoms with Crippen LogP contribution in [0.5, 0.6) is 0 Å². The Balaban J connectivity index is 2.06. The van der Waals surface area contributed by atoms with Crippen LogP contribution in [0.3, 0.4) is 0 Å². The number of carbonyl (C=O) groups is 2. The zero-order valence-electron chi connectivity index (χ0n) is 15.4. The van der Waals surface area contributed by atoms with Crippen LogP contribution in [0.4, 0.5) is 18.9 Å². The van der Waals surface area contributed by atoms with E-state index >= 15 is 0 Å². The Morgan fingerprint density at radius 2 is 1.64 bits per heavy atom. The third-order valence-corrected chi connectivity index (χ3v) is 4.67. The molecule has 0 radical (unpaired) electrons. The average Bonchev–Trinajstić information content (AvgIpc) is 3.07. The van der Waals surface area contributed by atoms with Gasteiger partial charge in [-0.1, -0.05) is 36.4 Å². The number of rotatable bonds is 5. The fourth-order valence-corrected chi connectivity index (χ4v) is 3.28. The first-order valence-corrected chi connectivity index (χ1v) is 8.83. The monoisotopic (exact) mass is 388 g/mol. The quantitative estimate of drug-likeness (QED) is 0.577. The number of amides is 1. The van der Waals surface area contributed by atoms with E-state index in [1.54, 1.807) is 54.3 Å². The molecular formula is C21H19F3N2O2. The number of fused-ring (bicyclic) bond motifs is 1. The van der Waals surface area contributed by atoms with Crippen LogP contribution in [0.2, 0.25) is 0 Å². The van der Waals surface area contributed by atoms with Crippen molar-refractivity contribution in [3.63, 3.8) is 0 Å². The molecule has 0 bridgehead atoms. The van der Waals surface area contributed by atoms with E-state index in [0.717, 1.165) is 6.20 Å². The molecule has 0 N–H and O–H groups in total. The van der Waals surface area contributed by atoms with Crippen LogP contribution in [-0.4, -0.2) is 29.0 Å². The normalized spacial score (nSPS) is 12.8. The van der Waals surface area contributed by atoms with Gasteiger partial charge >= 0.3 is 6.18 Å². The van der Waals surface area contributed by atoms with Gasteiger partial charge in [0.2, 0.25) is 5.91 Å². The predicted octanol–water partition coefficient (Wildman–Crippen LogP) is 5.00. The Bertz CT molecular complexity index is 1010. The highest BCUT2D eigenvalue weighted by atomic mass is 19.4. The molecule has 0 unspecified atom stereocenters. The molecule has 0 fully saturated rings. The maximum Gasteiger partial charge on any atom is 0.454 e. The van der Waals surface area contributed by atoms with Crippen molar-refractivity contribution < 1.29 is 22.8 Å². The van der Waals surface area contributed by atoms with E-state index in [9.17, 15) is 22.8 Å². The van der Waals surface area contributed by atoms with Crippen molar-refractivity contribution in [1.82, 2.24) is 4.57 Å². The number of benzene rings is 2. The Labute approximate surface area is 160 Å². The topological polar surface area (TPSA) is 42.3 Å². The number of Topliss-reactive ketones (excluding diaryl/α,β-unsaturated/α-hetero) is 1. The molecule has 1 atom stereocenters. The van der Waals surface area contributed by atoms with Crippen LogP contribution < -0.4 is 4.90 Å². The van der Waals surface area contributed by atoms with Crippen LogP contribution in [0.1, 0.15) is 30.2 Å². The van der Waals surface area contributed by atoms with E-state index < -0.39 is 23.6 Å². The lowest BCUT2D eigenvalue weighted by atomic mass is 10.1. The van der Waals surface area contributed by atoms with E-state index in [1.165, 1.54) is 10.6 Å². The molecule has 1 heterocycles. The van der Waals surface area contributed by atoms with Crippen molar-refractivity contribution >= 4 is 28.3 Å². The second-order valence-electron chi connectivity index (χ2n) is 6.39. The standard InChI is InChI=1S/C21H19F3N2O2/c1-3-25(15-9-5-4-6-10-15)20(28)14(2)26-13-17(19(27)21(22,23)24)16-11-7-8-12-18(16)26/h4-14H,3H2,1-2H3/t14-/m0/s1. The molecule has 3 aromatic rings. The molecule has 0 saturated carbocycles. The maximum atomic E-state index is 13.1. The number of halogens is 3. The number of para-hydroxylation sites is 2. The summed E-state index contributed by atoms with van der Waals surface area (Å²) in [5.74, 6) is -2.20. The molecule has 2 aromatic carbocycles. The van der Waals surface area contributed by atoms with Gasteiger partial charge in [0.05, 0.1) is 5.56 Å². The van der Waals surface area contributed by atoms with E-state index in [0.29, 0.717) is 17.7 Å². The van der Waals surface area contributed by atoms with E-state index in [2.05, 4.69) is 0 Å². The number of likely N-dealkylation sites (N-methyl/N-ethyl adjacent to an activating group) is 1. The summed E-state index contributed by atoms with van der Waals surface area (Å²) in [7, 11) is 0. The SMILES string of the molecule is CCN(C(=O)[C@H](C)n1cc(C(=O)C(F)(F)F)c2ccccc21)c1ccccc1. The number of hydrogen-bond donors (Lipinski definition) is 0. The van der Waals surface area contributed by atoms with Gasteiger partial charge in [-0.15, -0.1) is 0 Å². The van der Waals surface area contributed by atoms with Gasteiger partial charge in [-0.05, 0) is 32.0 Å². The number of carbonyl (C=O) groups excluding carboxylic acids is 2. The Morgan fingerprint density at radius 1 is 1.04 bits per heavy atom. The highest BCUT2D eigenvalue weighted by Gasteiger charge is 2.41. The first kappa shape index (κ1) is 19.7. The third kappa shape index (κ3) is 3.52. The summed E-state index contributed by atoms with van der Waals surface area (Å²) in [4.78, 5) is 26.5. The maximum absolute atomic E-state index is 13.1. The van der Waals surface area contributed by atoms with Crippen molar-refractivity contribution in [1.29, 1.82) is 0 Å². The fourth-order valence-electron chi connectivity index (χ4n) is 3.28. The fraction of sp³-hybridized carbons (Fsp3) is 0.238. The third-order valence-electron chi connectivity index (χ3n) is 4.67. The van der Waals surface area contributed by atoms with Crippen LogP contribution in [0.15, 0.2) is 60.8 Å². The van der Waals surface area contributed by atoms with Crippen LogP contribution in [0, 0.1) is 0 Å². The van der Waals surface area contributed by atoms with Gasteiger partial charge in [0, 0.05) is 29.3 Å². The summed E-state index contributed by atoms with van der Waals surface area (Å²) in [6.45, 7) is 3.84. The average molecular weight is 388 g/mol. The van der Waals surface area contributed by atoms with Crippen molar-refractivity contribution in [2.75, 3.05) is 11.4 Å². The van der Waals surface area contributed by atoms with E-state index in [-0.39, 0.29) is 11.3 Å². The van der Waals surface area contributed by atoms with Gasteiger partial charge < -0.3 is 9.47 Å². The van der Waals surface area contributed by atoms with E-state index in [1.807, 2.05) is 13.0 Å². The molecule has 3 rings (SSSR count). The predicted molar refractivity (Wildman–Crippen MR) is 102 cm³/mol. The molecule has 0 aliphatic rings. The van der Waals surface area contributed by atoms with Crippen LogP contribution in [-0.2, 0) is 4.79 Å². The van der Waals surface area contributed by atoms with Gasteiger partial charge in [-0.3, -0.25) is 9.59 Å². The second kappa shape index (κ2) is 7.50. The highest BCUT2D eigenvalue weighted by Crippen LogP contribution is 2.31. The molecule has 0 saturated heterocycles. The number of anilines is 1. The van der Waals surface area contributed by atoms with Crippen molar-refractivity contribution in [3.05, 3.63) is 66.4 Å². The molecule has 0 spiro atoms. The van der Waals surface area contributed by atoms with Gasteiger partial charge in [0.25, 0.3) is 5.78 Å². The number of alkyl halides is 3. The molecule has 146 valence electrons.